The summed E-state index contributed by atoms with van der Waals surface area (Å²) < 4.78 is 0. The summed E-state index contributed by atoms with van der Waals surface area (Å²) in [6, 6.07) is 7.52. The minimum atomic E-state index is 0.108. The highest BCUT2D eigenvalue weighted by Crippen LogP contribution is 2.05. The summed E-state index contributed by atoms with van der Waals surface area (Å²) in [6.07, 6.45) is 3.51. The maximum Gasteiger partial charge on any atom is 0.170 e. The van der Waals surface area contributed by atoms with Crippen LogP contribution in [0.3, 0.4) is 0 Å². The Balaban J connectivity index is 1.92. The fourth-order valence-electron chi connectivity index (χ4n) is 1.74. The van der Waals surface area contributed by atoms with Gasteiger partial charge in [-0.1, -0.05) is 23.4 Å². The predicted molar refractivity (Wildman–Crippen MR) is 76.3 cm³/mol. The van der Waals surface area contributed by atoms with Crippen LogP contribution in [0.5, 0.6) is 0 Å². The number of aromatic nitrogens is 2. The Hall–Kier alpha value is -2.47. The van der Waals surface area contributed by atoms with Crippen molar-refractivity contribution in [2.75, 3.05) is 0 Å². The monoisotopic (exact) mass is 271 g/mol. The van der Waals surface area contributed by atoms with Crippen LogP contribution >= 0.6 is 0 Å². The second-order valence-corrected chi connectivity index (χ2v) is 4.44. The zero-order valence-corrected chi connectivity index (χ0v) is 11.2. The van der Waals surface area contributed by atoms with Crippen molar-refractivity contribution in [1.29, 1.82) is 0 Å². The van der Waals surface area contributed by atoms with Gasteiger partial charge in [0.2, 0.25) is 0 Å². The molecule has 0 saturated heterocycles. The van der Waals surface area contributed by atoms with Crippen LogP contribution in [0.25, 0.3) is 0 Å². The van der Waals surface area contributed by atoms with Crippen LogP contribution in [0.4, 0.5) is 0 Å². The number of nitrogens with two attached hydrogens (primary N) is 1. The summed E-state index contributed by atoms with van der Waals surface area (Å²) in [5, 5.41) is 14.9. The van der Waals surface area contributed by atoms with Gasteiger partial charge < -0.3 is 16.3 Å². The first kappa shape index (κ1) is 14.0. The number of oxime groups is 1. The molecule has 0 aliphatic heterocycles. The van der Waals surface area contributed by atoms with Crippen molar-refractivity contribution in [3.05, 3.63) is 59.2 Å². The summed E-state index contributed by atoms with van der Waals surface area (Å²) in [7, 11) is 0. The number of rotatable bonds is 5. The van der Waals surface area contributed by atoms with Crippen LogP contribution in [0.15, 0.2) is 41.8 Å². The lowest BCUT2D eigenvalue weighted by molar-refractivity contribution is 0.318. The van der Waals surface area contributed by atoms with Gasteiger partial charge in [-0.25, -0.2) is 0 Å². The van der Waals surface area contributed by atoms with Gasteiger partial charge in [-0.15, -0.1) is 0 Å². The van der Waals surface area contributed by atoms with Crippen LogP contribution in [0, 0.1) is 6.92 Å². The standard InChI is InChI=1S/C14H17N5O/c1-10-6-18-13(9-17-10)8-16-7-11-3-2-4-12(5-11)14(15)19-20/h2-6,9,16,20H,7-8H2,1H3,(H2,15,19). The molecule has 0 radical (unpaired) electrons. The van der Waals surface area contributed by atoms with Gasteiger partial charge in [0.25, 0.3) is 0 Å². The molecule has 104 valence electrons. The summed E-state index contributed by atoms with van der Waals surface area (Å²) in [5.74, 6) is 0.108. The van der Waals surface area contributed by atoms with Gasteiger partial charge in [0.1, 0.15) is 0 Å². The van der Waals surface area contributed by atoms with Crippen LogP contribution in [-0.4, -0.2) is 21.0 Å². The van der Waals surface area contributed by atoms with E-state index in [1.165, 1.54) is 0 Å². The summed E-state index contributed by atoms with van der Waals surface area (Å²) in [4.78, 5) is 8.46. The zero-order chi connectivity index (χ0) is 14.4. The molecule has 0 aliphatic rings. The number of benzene rings is 1. The van der Waals surface area contributed by atoms with Crippen molar-refractivity contribution in [3.63, 3.8) is 0 Å². The Morgan fingerprint density at radius 3 is 2.85 bits per heavy atom. The fourth-order valence-corrected chi connectivity index (χ4v) is 1.74. The molecular weight excluding hydrogens is 254 g/mol. The van der Waals surface area contributed by atoms with Crippen LogP contribution in [0.2, 0.25) is 0 Å². The molecule has 0 amide bonds. The van der Waals surface area contributed by atoms with Crippen molar-refractivity contribution >= 4 is 5.84 Å². The topological polar surface area (TPSA) is 96.4 Å². The first-order chi connectivity index (χ1) is 9.69. The Kier molecular flexibility index (Phi) is 4.62. The molecule has 0 fully saturated rings. The van der Waals surface area contributed by atoms with Crippen molar-refractivity contribution < 1.29 is 5.21 Å². The Morgan fingerprint density at radius 1 is 1.30 bits per heavy atom. The first-order valence-electron chi connectivity index (χ1n) is 6.24. The van der Waals surface area contributed by atoms with Crippen molar-refractivity contribution in [2.45, 2.75) is 20.0 Å². The van der Waals surface area contributed by atoms with Gasteiger partial charge in [0.05, 0.1) is 11.4 Å². The molecule has 1 aromatic carbocycles. The minimum Gasteiger partial charge on any atom is -0.409 e. The van der Waals surface area contributed by atoms with E-state index < -0.39 is 0 Å². The van der Waals surface area contributed by atoms with Gasteiger partial charge in [-0.2, -0.15) is 0 Å². The maximum atomic E-state index is 8.66. The molecule has 6 heteroatoms. The van der Waals surface area contributed by atoms with E-state index in [9.17, 15) is 0 Å². The highest BCUT2D eigenvalue weighted by atomic mass is 16.4. The van der Waals surface area contributed by atoms with E-state index in [1.807, 2.05) is 25.1 Å². The fraction of sp³-hybridized carbons (Fsp3) is 0.214. The molecule has 6 nitrogen and oxygen atoms in total. The van der Waals surface area contributed by atoms with Crippen molar-refractivity contribution in [3.8, 4) is 0 Å². The average Bonchev–Trinajstić information content (AvgIpc) is 2.49. The van der Waals surface area contributed by atoms with Gasteiger partial charge >= 0.3 is 0 Å². The Morgan fingerprint density at radius 2 is 2.15 bits per heavy atom. The van der Waals surface area contributed by atoms with E-state index in [1.54, 1.807) is 18.5 Å². The van der Waals surface area contributed by atoms with Crippen LogP contribution in [0.1, 0.15) is 22.5 Å². The summed E-state index contributed by atoms with van der Waals surface area (Å²) >= 11 is 0. The highest BCUT2D eigenvalue weighted by molar-refractivity contribution is 5.97. The van der Waals surface area contributed by atoms with E-state index >= 15 is 0 Å². The second kappa shape index (κ2) is 6.63. The third-order valence-electron chi connectivity index (χ3n) is 2.80. The molecule has 0 aliphatic carbocycles. The number of nitrogens with zero attached hydrogens (tertiary/aromatic N) is 3. The molecule has 1 aromatic heterocycles. The molecule has 0 saturated carbocycles. The van der Waals surface area contributed by atoms with Crippen LogP contribution in [-0.2, 0) is 13.1 Å². The van der Waals surface area contributed by atoms with Gasteiger partial charge in [-0.05, 0) is 18.6 Å². The molecule has 4 N–H and O–H groups in total. The predicted octanol–water partition coefficient (Wildman–Crippen LogP) is 1.17. The lowest BCUT2D eigenvalue weighted by Gasteiger charge is -2.06. The van der Waals surface area contributed by atoms with Gasteiger partial charge in [-0.3, -0.25) is 9.97 Å². The molecule has 2 aromatic rings. The van der Waals surface area contributed by atoms with Gasteiger partial charge in [0.15, 0.2) is 5.84 Å². The summed E-state index contributed by atoms with van der Waals surface area (Å²) in [6.45, 7) is 3.21. The quantitative estimate of drug-likeness (QED) is 0.328. The minimum absolute atomic E-state index is 0.108. The molecule has 0 spiro atoms. The molecule has 20 heavy (non-hydrogen) atoms. The lowest BCUT2D eigenvalue weighted by atomic mass is 10.1. The van der Waals surface area contributed by atoms with Crippen molar-refractivity contribution in [2.24, 2.45) is 10.9 Å². The van der Waals surface area contributed by atoms with Gasteiger partial charge in [0, 0.05) is 31.0 Å². The third kappa shape index (κ3) is 3.76. The number of nitrogens with one attached hydrogen (secondary N) is 1. The lowest BCUT2D eigenvalue weighted by Crippen LogP contribution is -2.16. The number of hydrogen-bond donors (Lipinski definition) is 3. The van der Waals surface area contributed by atoms with Crippen LogP contribution < -0.4 is 11.1 Å². The highest BCUT2D eigenvalue weighted by Gasteiger charge is 2.01. The molecule has 1 heterocycles. The second-order valence-electron chi connectivity index (χ2n) is 4.44. The Labute approximate surface area is 117 Å². The molecule has 0 unspecified atom stereocenters. The Bertz CT molecular complexity index is 595. The molecule has 0 atom stereocenters. The van der Waals surface area contributed by atoms with E-state index in [4.69, 9.17) is 10.9 Å². The molecular formula is C14H17N5O. The van der Waals surface area contributed by atoms with E-state index in [-0.39, 0.29) is 5.84 Å². The number of amidine groups is 1. The largest absolute Gasteiger partial charge is 0.409 e. The number of aryl methyl sites for hydroxylation is 1. The maximum absolute atomic E-state index is 8.66. The number of hydrogen-bond acceptors (Lipinski definition) is 5. The smallest absolute Gasteiger partial charge is 0.170 e. The normalized spacial score (nSPS) is 11.6. The zero-order valence-electron chi connectivity index (χ0n) is 11.2. The molecule has 0 bridgehead atoms. The van der Waals surface area contributed by atoms with Crippen molar-refractivity contribution in [1.82, 2.24) is 15.3 Å². The molecule has 2 rings (SSSR count). The van der Waals surface area contributed by atoms with E-state index in [2.05, 4.69) is 20.4 Å². The van der Waals surface area contributed by atoms with E-state index in [0.29, 0.717) is 18.7 Å². The SMILES string of the molecule is Cc1cnc(CNCc2cccc(C(N)=NO)c2)cn1. The summed E-state index contributed by atoms with van der Waals surface area (Å²) in [5.41, 5.74) is 9.10. The van der Waals surface area contributed by atoms with E-state index in [0.717, 1.165) is 17.0 Å². The average molecular weight is 271 g/mol. The third-order valence-corrected chi connectivity index (χ3v) is 2.80. The first-order valence-corrected chi connectivity index (χ1v) is 6.24.